The minimum atomic E-state index is -0.863. The number of aryl methyl sites for hydroxylation is 2. The minimum Gasteiger partial charge on any atom is -0.478 e. The van der Waals surface area contributed by atoms with Crippen molar-refractivity contribution in [1.82, 2.24) is 0 Å². The topological polar surface area (TPSA) is 115 Å². The zero-order chi connectivity index (χ0) is 21.0. The highest BCUT2D eigenvalue weighted by atomic mass is 16.4. The summed E-state index contributed by atoms with van der Waals surface area (Å²) in [7, 11) is 0. The van der Waals surface area contributed by atoms with E-state index in [1.807, 2.05) is 12.1 Å². The first-order valence-corrected chi connectivity index (χ1v) is 8.50. The zero-order valence-corrected chi connectivity index (χ0v) is 16.1. The van der Waals surface area contributed by atoms with E-state index in [1.165, 1.54) is 0 Å². The van der Waals surface area contributed by atoms with Gasteiger partial charge < -0.3 is 20.4 Å². The quantitative estimate of drug-likeness (QED) is 0.649. The van der Waals surface area contributed by atoms with Crippen LogP contribution in [0.2, 0.25) is 0 Å². The van der Waals surface area contributed by atoms with Crippen LogP contribution in [0.1, 0.15) is 52.1 Å². The monoisotopic (exact) mass is 376 g/mol. The summed E-state index contributed by atoms with van der Waals surface area (Å²) in [6, 6.07) is 13.8. The van der Waals surface area contributed by atoms with E-state index >= 15 is 0 Å². The van der Waals surface area contributed by atoms with Gasteiger partial charge in [-0.05, 0) is 57.4 Å². The molecule has 2 unspecified atom stereocenters. The molecule has 0 aliphatic rings. The summed E-state index contributed by atoms with van der Waals surface area (Å²) < 4.78 is 0. The Balaban J connectivity index is 0.000000384. The van der Waals surface area contributed by atoms with E-state index in [9.17, 15) is 9.59 Å². The summed E-state index contributed by atoms with van der Waals surface area (Å²) in [4.78, 5) is 20.8. The molecule has 6 heteroatoms. The van der Waals surface area contributed by atoms with Gasteiger partial charge in [0.2, 0.25) is 0 Å². The Morgan fingerprint density at radius 1 is 0.741 bits per heavy atom. The molecular formula is C21H28O6. The lowest BCUT2D eigenvalue weighted by Gasteiger charge is -2.04. The first kappa shape index (κ1) is 24.3. The highest BCUT2D eigenvalue weighted by Crippen LogP contribution is 2.06. The highest BCUT2D eigenvalue weighted by Gasteiger charge is 2.03. The molecule has 2 rings (SSSR count). The van der Waals surface area contributed by atoms with Gasteiger partial charge in [-0.25, -0.2) is 9.59 Å². The smallest absolute Gasteiger partial charge is 0.335 e. The van der Waals surface area contributed by atoms with Crippen molar-refractivity contribution in [1.29, 1.82) is 0 Å². The molecule has 0 saturated heterocycles. The molecule has 2 aromatic rings. The molecule has 2 aromatic carbocycles. The first-order chi connectivity index (χ1) is 12.6. The molecule has 0 aliphatic heterocycles. The van der Waals surface area contributed by atoms with Crippen LogP contribution < -0.4 is 0 Å². The molecule has 0 amide bonds. The Hall–Kier alpha value is -2.70. The molecule has 2 atom stereocenters. The Morgan fingerprint density at radius 3 is 1.19 bits per heavy atom. The van der Waals surface area contributed by atoms with Crippen LogP contribution >= 0.6 is 0 Å². The second-order valence-corrected chi connectivity index (χ2v) is 6.17. The molecule has 0 heterocycles. The van der Waals surface area contributed by atoms with E-state index in [1.54, 1.807) is 64.1 Å². The summed E-state index contributed by atoms with van der Waals surface area (Å²) >= 11 is 0. The van der Waals surface area contributed by atoms with Crippen molar-refractivity contribution in [3.63, 3.8) is 0 Å². The Bertz CT molecular complexity index is 661. The van der Waals surface area contributed by atoms with E-state index in [2.05, 4.69) is 0 Å². The molecule has 0 radical (unpaired) electrons. The third kappa shape index (κ3) is 10.8. The molecule has 0 fully saturated rings. The van der Waals surface area contributed by atoms with Crippen molar-refractivity contribution >= 4 is 11.9 Å². The predicted molar refractivity (Wildman–Crippen MR) is 104 cm³/mol. The summed E-state index contributed by atoms with van der Waals surface area (Å²) in [5, 5.41) is 34.3. The molecule has 0 saturated carbocycles. The first-order valence-electron chi connectivity index (χ1n) is 8.50. The number of hydrogen-bond donors (Lipinski definition) is 4. The molecule has 148 valence electrons. The number of aliphatic hydroxyl groups is 2. The van der Waals surface area contributed by atoms with Gasteiger partial charge in [0.05, 0.1) is 23.3 Å². The van der Waals surface area contributed by atoms with Crippen LogP contribution in [-0.2, 0) is 0 Å². The van der Waals surface area contributed by atoms with Crippen LogP contribution in [-0.4, -0.2) is 44.6 Å². The van der Waals surface area contributed by atoms with E-state index in [4.69, 9.17) is 20.4 Å². The maximum absolute atomic E-state index is 10.4. The Morgan fingerprint density at radius 2 is 1.04 bits per heavy atom. The van der Waals surface area contributed by atoms with Crippen LogP contribution in [0, 0.1) is 13.8 Å². The summed E-state index contributed by atoms with van der Waals surface area (Å²) in [5.41, 5.74) is 2.36. The average Bonchev–Trinajstić information content (AvgIpc) is 2.55. The van der Waals surface area contributed by atoms with Crippen molar-refractivity contribution in [2.45, 2.75) is 46.3 Å². The van der Waals surface area contributed by atoms with Crippen LogP contribution in [0.3, 0.4) is 0 Å². The summed E-state index contributed by atoms with van der Waals surface area (Å²) in [6.45, 7) is 6.88. The molecule has 4 N–H and O–H groups in total. The number of carboxylic acid groups (broad SMARTS) is 2. The molecule has 27 heavy (non-hydrogen) atoms. The lowest BCUT2D eigenvalue weighted by molar-refractivity contribution is 0.0685. The van der Waals surface area contributed by atoms with Crippen molar-refractivity contribution in [3.8, 4) is 0 Å². The number of rotatable bonds is 4. The fraction of sp³-hybridized carbons (Fsp3) is 0.333. The maximum Gasteiger partial charge on any atom is 0.335 e. The SMILES string of the molecule is CC(O)CC(C)O.Cc1ccccc1C(=O)O.Cc1ccccc1C(=O)O. The van der Waals surface area contributed by atoms with Gasteiger partial charge in [-0.2, -0.15) is 0 Å². The summed E-state index contributed by atoms with van der Waals surface area (Å²) in [6.07, 6.45) is -0.278. The van der Waals surface area contributed by atoms with Crippen LogP contribution in [0.15, 0.2) is 48.5 Å². The molecule has 0 spiro atoms. The van der Waals surface area contributed by atoms with Crippen molar-refractivity contribution in [2.24, 2.45) is 0 Å². The molecule has 6 nitrogen and oxygen atoms in total. The fourth-order valence-corrected chi connectivity index (χ4v) is 2.12. The number of aliphatic hydroxyl groups excluding tert-OH is 2. The van der Waals surface area contributed by atoms with E-state index in [-0.39, 0.29) is 12.2 Å². The van der Waals surface area contributed by atoms with Crippen LogP contribution in [0.4, 0.5) is 0 Å². The largest absolute Gasteiger partial charge is 0.478 e. The van der Waals surface area contributed by atoms with E-state index < -0.39 is 11.9 Å². The third-order valence-electron chi connectivity index (χ3n) is 3.43. The van der Waals surface area contributed by atoms with Crippen LogP contribution in [0.5, 0.6) is 0 Å². The third-order valence-corrected chi connectivity index (χ3v) is 3.43. The number of carbonyl (C=O) groups is 2. The van der Waals surface area contributed by atoms with E-state index in [0.29, 0.717) is 17.5 Å². The molecule has 0 aliphatic carbocycles. The van der Waals surface area contributed by atoms with Gasteiger partial charge in [0.25, 0.3) is 0 Å². The highest BCUT2D eigenvalue weighted by molar-refractivity contribution is 5.89. The van der Waals surface area contributed by atoms with Gasteiger partial charge in [-0.3, -0.25) is 0 Å². The number of carboxylic acids is 2. The lowest BCUT2D eigenvalue weighted by Crippen LogP contribution is -2.10. The molecule has 0 aromatic heterocycles. The number of aromatic carboxylic acids is 2. The van der Waals surface area contributed by atoms with Gasteiger partial charge in [0, 0.05) is 0 Å². The second kappa shape index (κ2) is 12.6. The van der Waals surface area contributed by atoms with Gasteiger partial charge in [-0.1, -0.05) is 36.4 Å². The molecule has 0 bridgehead atoms. The van der Waals surface area contributed by atoms with Gasteiger partial charge in [0.15, 0.2) is 0 Å². The van der Waals surface area contributed by atoms with Crippen LogP contribution in [0.25, 0.3) is 0 Å². The fourth-order valence-electron chi connectivity index (χ4n) is 2.12. The van der Waals surface area contributed by atoms with Crippen molar-refractivity contribution in [2.75, 3.05) is 0 Å². The van der Waals surface area contributed by atoms with Gasteiger partial charge >= 0.3 is 11.9 Å². The van der Waals surface area contributed by atoms with Gasteiger partial charge in [0.1, 0.15) is 0 Å². The standard InChI is InChI=1S/2C8H8O2.C5H12O2/c2*1-6-4-2-3-5-7(6)8(9)10;1-4(6)3-5(2)7/h2*2-5H,1H3,(H,9,10);4-7H,3H2,1-2H3. The Kier molecular flexibility index (Phi) is 11.4. The lowest BCUT2D eigenvalue weighted by atomic mass is 10.1. The van der Waals surface area contributed by atoms with Gasteiger partial charge in [-0.15, -0.1) is 0 Å². The Labute approximate surface area is 159 Å². The number of benzene rings is 2. The summed E-state index contributed by atoms with van der Waals surface area (Å²) in [5.74, 6) is -1.73. The minimum absolute atomic E-state index is 0.375. The molecular weight excluding hydrogens is 348 g/mol. The van der Waals surface area contributed by atoms with Crippen molar-refractivity contribution < 1.29 is 30.0 Å². The van der Waals surface area contributed by atoms with E-state index in [0.717, 1.165) is 11.1 Å². The second-order valence-electron chi connectivity index (χ2n) is 6.17. The average molecular weight is 376 g/mol. The maximum atomic E-state index is 10.4. The number of hydrogen-bond acceptors (Lipinski definition) is 4. The van der Waals surface area contributed by atoms with Crippen molar-refractivity contribution in [3.05, 3.63) is 70.8 Å². The predicted octanol–water partition coefficient (Wildman–Crippen LogP) is 3.52. The normalized spacial score (nSPS) is 11.8. The zero-order valence-electron chi connectivity index (χ0n) is 16.1.